The van der Waals surface area contributed by atoms with Gasteiger partial charge in [0.25, 0.3) is 0 Å². The zero-order valence-electron chi connectivity index (χ0n) is 14.7. The summed E-state index contributed by atoms with van der Waals surface area (Å²) in [7, 11) is 0. The number of carbonyl (C=O) groups excluding carboxylic acids is 2. The van der Waals surface area contributed by atoms with E-state index in [0.717, 1.165) is 21.6 Å². The summed E-state index contributed by atoms with van der Waals surface area (Å²) in [5.74, 6) is -0.955. The minimum Gasteiger partial charge on any atom is -0.285 e. The molecule has 1 aromatic carbocycles. The van der Waals surface area contributed by atoms with E-state index in [-0.39, 0.29) is 5.92 Å². The molecule has 0 saturated carbocycles. The standard InChI is InChI=1S/C22H19NO2S/c1-13(2)19-17(11-6-14(3)15-7-9-16(26)10-8-15)21(24)22(25)18-5-4-12-23-20(18)19/h4-13,26H,3H2,1-2H3/b11-6-. The van der Waals surface area contributed by atoms with Gasteiger partial charge >= 0.3 is 0 Å². The quantitative estimate of drug-likeness (QED) is 0.483. The molecule has 3 nitrogen and oxygen atoms in total. The largest absolute Gasteiger partial charge is 0.285 e. The third-order valence-corrected chi connectivity index (χ3v) is 4.61. The molecule has 3 rings (SSSR count). The molecule has 4 heteroatoms. The third-order valence-electron chi connectivity index (χ3n) is 4.32. The number of carbonyl (C=O) groups is 2. The molecule has 0 aliphatic heterocycles. The van der Waals surface area contributed by atoms with Gasteiger partial charge in [0, 0.05) is 16.7 Å². The van der Waals surface area contributed by atoms with Crippen molar-refractivity contribution in [2.75, 3.05) is 0 Å². The number of hydrogen-bond donors (Lipinski definition) is 1. The molecule has 130 valence electrons. The van der Waals surface area contributed by atoms with Gasteiger partial charge in [-0.1, -0.05) is 38.6 Å². The number of allylic oxidation sites excluding steroid dienone is 5. The Morgan fingerprint density at radius 1 is 1.12 bits per heavy atom. The van der Waals surface area contributed by atoms with Gasteiger partial charge < -0.3 is 0 Å². The van der Waals surface area contributed by atoms with Crippen LogP contribution in [0.2, 0.25) is 0 Å². The van der Waals surface area contributed by atoms with Gasteiger partial charge in [-0.15, -0.1) is 12.6 Å². The number of Topliss-reactive ketones (excluding diaryl/α,β-unsaturated/α-hetero) is 2. The second kappa shape index (κ2) is 7.26. The summed E-state index contributed by atoms with van der Waals surface area (Å²) in [6.07, 6.45) is 5.10. The average molecular weight is 361 g/mol. The maximum atomic E-state index is 12.7. The molecule has 1 aliphatic rings. The van der Waals surface area contributed by atoms with Crippen LogP contribution in [0.3, 0.4) is 0 Å². The van der Waals surface area contributed by atoms with E-state index < -0.39 is 11.6 Å². The Labute approximate surface area is 158 Å². The predicted molar refractivity (Wildman–Crippen MR) is 107 cm³/mol. The molecule has 0 atom stereocenters. The fourth-order valence-corrected chi connectivity index (χ4v) is 3.15. The van der Waals surface area contributed by atoms with Gasteiger partial charge in [-0.25, -0.2) is 0 Å². The fraction of sp³-hybridized carbons (Fsp3) is 0.136. The number of benzene rings is 1. The Bertz CT molecular complexity index is 966. The molecule has 0 unspecified atom stereocenters. The van der Waals surface area contributed by atoms with Crippen molar-refractivity contribution >= 4 is 35.3 Å². The van der Waals surface area contributed by atoms with E-state index >= 15 is 0 Å². The Hall–Kier alpha value is -2.72. The highest BCUT2D eigenvalue weighted by Crippen LogP contribution is 2.34. The van der Waals surface area contributed by atoms with Gasteiger partial charge in [0.1, 0.15) is 0 Å². The van der Waals surface area contributed by atoms with E-state index in [0.29, 0.717) is 16.8 Å². The predicted octanol–water partition coefficient (Wildman–Crippen LogP) is 4.81. The van der Waals surface area contributed by atoms with Crippen LogP contribution < -0.4 is 0 Å². The van der Waals surface area contributed by atoms with Crippen LogP contribution in [0.5, 0.6) is 0 Å². The van der Waals surface area contributed by atoms with E-state index in [1.807, 2.05) is 38.1 Å². The van der Waals surface area contributed by atoms with Crippen LogP contribution in [0, 0.1) is 5.92 Å². The van der Waals surface area contributed by atoms with E-state index in [2.05, 4.69) is 24.2 Å². The molecule has 0 N–H and O–H groups in total. The van der Waals surface area contributed by atoms with E-state index in [4.69, 9.17) is 0 Å². The number of pyridine rings is 1. The Balaban J connectivity index is 2.06. The van der Waals surface area contributed by atoms with Crippen LogP contribution in [0.15, 0.2) is 71.8 Å². The number of thiol groups is 1. The minimum absolute atomic E-state index is 0.0529. The average Bonchev–Trinajstić information content (AvgIpc) is 2.63. The zero-order chi connectivity index (χ0) is 18.8. The first kappa shape index (κ1) is 18.1. The normalized spacial score (nSPS) is 14.3. The second-order valence-corrected chi connectivity index (χ2v) is 6.96. The number of rotatable bonds is 4. The number of ketones is 2. The lowest BCUT2D eigenvalue weighted by molar-refractivity contribution is -0.111. The van der Waals surface area contributed by atoms with Gasteiger partial charge in [-0.05, 0) is 53.0 Å². The molecule has 2 aromatic rings. The molecular weight excluding hydrogens is 342 g/mol. The first-order valence-corrected chi connectivity index (χ1v) is 8.80. The summed E-state index contributed by atoms with van der Waals surface area (Å²) in [4.78, 5) is 30.4. The summed E-state index contributed by atoms with van der Waals surface area (Å²) >= 11 is 4.27. The Morgan fingerprint density at radius 3 is 2.46 bits per heavy atom. The lowest BCUT2D eigenvalue weighted by Gasteiger charge is -2.21. The third kappa shape index (κ3) is 3.33. The summed E-state index contributed by atoms with van der Waals surface area (Å²) in [6.45, 7) is 8.03. The number of hydrogen-bond acceptors (Lipinski definition) is 4. The summed E-state index contributed by atoms with van der Waals surface area (Å²) in [6, 6.07) is 10.9. The van der Waals surface area contributed by atoms with Gasteiger partial charge in [0.05, 0.1) is 11.3 Å². The zero-order valence-corrected chi connectivity index (χ0v) is 15.6. The van der Waals surface area contributed by atoms with Crippen molar-refractivity contribution in [1.82, 2.24) is 4.98 Å². The summed E-state index contributed by atoms with van der Waals surface area (Å²) in [5.41, 5.74) is 3.83. The number of nitrogens with zero attached hydrogens (tertiary/aromatic N) is 1. The van der Waals surface area contributed by atoms with Crippen LogP contribution in [-0.4, -0.2) is 16.6 Å². The monoisotopic (exact) mass is 361 g/mol. The highest BCUT2D eigenvalue weighted by atomic mass is 32.1. The van der Waals surface area contributed by atoms with E-state index in [9.17, 15) is 9.59 Å². The summed E-state index contributed by atoms with van der Waals surface area (Å²) in [5, 5.41) is 0. The molecule has 0 saturated heterocycles. The maximum Gasteiger partial charge on any atom is 0.235 e. The molecule has 1 aliphatic carbocycles. The van der Waals surface area contributed by atoms with Crippen molar-refractivity contribution < 1.29 is 9.59 Å². The Kier molecular flexibility index (Phi) is 5.05. The lowest BCUT2D eigenvalue weighted by Crippen LogP contribution is -2.25. The van der Waals surface area contributed by atoms with Crippen LogP contribution in [0.1, 0.15) is 35.5 Å². The molecule has 0 radical (unpaired) electrons. The second-order valence-electron chi connectivity index (χ2n) is 6.45. The summed E-state index contributed by atoms with van der Waals surface area (Å²) < 4.78 is 0. The first-order valence-electron chi connectivity index (χ1n) is 8.35. The maximum absolute atomic E-state index is 12.7. The van der Waals surface area contributed by atoms with Gasteiger partial charge in [0.2, 0.25) is 11.6 Å². The molecular formula is C22H19NO2S. The molecule has 0 fully saturated rings. The van der Waals surface area contributed by atoms with E-state index in [1.165, 1.54) is 0 Å². The molecule has 0 spiro atoms. The molecule has 0 amide bonds. The van der Waals surface area contributed by atoms with Crippen molar-refractivity contribution in [3.05, 3.63) is 83.7 Å². The van der Waals surface area contributed by atoms with Crippen molar-refractivity contribution in [2.45, 2.75) is 18.7 Å². The van der Waals surface area contributed by atoms with Gasteiger partial charge in [-0.2, -0.15) is 0 Å². The SMILES string of the molecule is C=C(/C=C\C1=C(C(C)C)c2ncccc2C(=O)C1=O)c1ccc(S)cc1. The molecule has 0 bridgehead atoms. The lowest BCUT2D eigenvalue weighted by atomic mass is 9.81. The molecule has 1 heterocycles. The smallest absolute Gasteiger partial charge is 0.235 e. The highest BCUT2D eigenvalue weighted by molar-refractivity contribution is 7.80. The van der Waals surface area contributed by atoms with E-state index in [1.54, 1.807) is 30.5 Å². The number of fused-ring (bicyclic) bond motifs is 1. The van der Waals surface area contributed by atoms with Crippen LogP contribution in [0.4, 0.5) is 0 Å². The van der Waals surface area contributed by atoms with Crippen molar-refractivity contribution in [1.29, 1.82) is 0 Å². The minimum atomic E-state index is -0.512. The Morgan fingerprint density at radius 2 is 1.81 bits per heavy atom. The van der Waals surface area contributed by atoms with Crippen LogP contribution in [-0.2, 0) is 4.79 Å². The molecule has 26 heavy (non-hydrogen) atoms. The topological polar surface area (TPSA) is 47.0 Å². The fourth-order valence-electron chi connectivity index (χ4n) is 3.00. The van der Waals surface area contributed by atoms with Crippen molar-refractivity contribution in [3.8, 4) is 0 Å². The van der Waals surface area contributed by atoms with Crippen molar-refractivity contribution in [2.24, 2.45) is 5.92 Å². The van der Waals surface area contributed by atoms with Gasteiger partial charge in [0.15, 0.2) is 0 Å². The van der Waals surface area contributed by atoms with Crippen LogP contribution in [0.25, 0.3) is 11.1 Å². The first-order chi connectivity index (χ1) is 12.4. The van der Waals surface area contributed by atoms with Crippen molar-refractivity contribution in [3.63, 3.8) is 0 Å². The molecule has 1 aromatic heterocycles. The van der Waals surface area contributed by atoms with Crippen LogP contribution >= 0.6 is 12.6 Å². The number of aromatic nitrogens is 1. The highest BCUT2D eigenvalue weighted by Gasteiger charge is 2.33. The van der Waals surface area contributed by atoms with Gasteiger partial charge in [-0.3, -0.25) is 14.6 Å².